The molecule has 2 aromatic heterocycles. The van der Waals surface area contributed by atoms with E-state index in [2.05, 4.69) is 35.5 Å². The van der Waals surface area contributed by atoms with Crippen molar-refractivity contribution in [3.8, 4) is 5.88 Å². The van der Waals surface area contributed by atoms with Crippen LogP contribution in [0.15, 0.2) is 36.4 Å². The van der Waals surface area contributed by atoms with E-state index in [0.29, 0.717) is 44.2 Å². The van der Waals surface area contributed by atoms with Gasteiger partial charge < -0.3 is 20.3 Å². The van der Waals surface area contributed by atoms with Gasteiger partial charge in [-0.1, -0.05) is 25.0 Å². The van der Waals surface area contributed by atoms with Crippen molar-refractivity contribution in [3.63, 3.8) is 0 Å². The van der Waals surface area contributed by atoms with Crippen LogP contribution in [0.4, 0.5) is 17.6 Å². The van der Waals surface area contributed by atoms with Gasteiger partial charge in [0.2, 0.25) is 33.4 Å². The van der Waals surface area contributed by atoms with Crippen LogP contribution in [0.1, 0.15) is 79.7 Å². The van der Waals surface area contributed by atoms with Gasteiger partial charge in [0.25, 0.3) is 11.8 Å². The molecular formula is C35H38F4N8O7S. The van der Waals surface area contributed by atoms with Crippen LogP contribution in [0.5, 0.6) is 5.88 Å². The van der Waals surface area contributed by atoms with Gasteiger partial charge in [-0.3, -0.25) is 29.0 Å². The second-order valence-corrected chi connectivity index (χ2v) is 16.4. The molecule has 294 valence electrons. The second kappa shape index (κ2) is 14.5. The lowest BCUT2D eigenvalue weighted by molar-refractivity contribution is -0.143. The molecule has 1 aromatic carbocycles. The number of hydrogen-bond acceptors (Lipinski definition) is 10. The first kappa shape index (κ1) is 38.1. The summed E-state index contributed by atoms with van der Waals surface area (Å²) in [6, 6.07) is 1.67. The van der Waals surface area contributed by atoms with Crippen molar-refractivity contribution in [2.24, 2.45) is 5.92 Å². The van der Waals surface area contributed by atoms with Gasteiger partial charge in [0.05, 0.1) is 22.8 Å². The smallest absolute Gasteiger partial charge is 0.438 e. The van der Waals surface area contributed by atoms with E-state index in [1.807, 2.05) is 6.08 Å². The average Bonchev–Trinajstić information content (AvgIpc) is 4.01. The molecule has 2 aliphatic heterocycles. The maximum atomic E-state index is 14.4. The molecule has 2 saturated carbocycles. The zero-order chi connectivity index (χ0) is 39.3. The van der Waals surface area contributed by atoms with Crippen molar-refractivity contribution in [2.75, 3.05) is 6.54 Å². The van der Waals surface area contributed by atoms with Crippen molar-refractivity contribution in [3.05, 3.63) is 59.3 Å². The summed E-state index contributed by atoms with van der Waals surface area (Å²) in [6.45, 7) is 1.23. The van der Waals surface area contributed by atoms with E-state index in [9.17, 15) is 45.2 Å². The molecule has 4 aliphatic rings. The molecular weight excluding hydrogens is 752 g/mol. The van der Waals surface area contributed by atoms with Crippen LogP contribution in [0.3, 0.4) is 0 Å². The summed E-state index contributed by atoms with van der Waals surface area (Å²) in [4.78, 5) is 64.1. The first-order valence-corrected chi connectivity index (χ1v) is 19.5. The molecule has 0 spiro atoms. The number of aryl methyl sites for hydroxylation is 1. The Morgan fingerprint density at radius 2 is 1.84 bits per heavy atom. The number of aromatic amines is 1. The van der Waals surface area contributed by atoms with Gasteiger partial charge in [0.15, 0.2) is 0 Å². The molecule has 5 unspecified atom stereocenters. The minimum atomic E-state index is -5.06. The second-order valence-electron chi connectivity index (χ2n) is 14.5. The van der Waals surface area contributed by atoms with Gasteiger partial charge in [0.1, 0.15) is 35.2 Å². The third-order valence-corrected chi connectivity index (χ3v) is 12.0. The molecule has 15 nitrogen and oxygen atoms in total. The number of allylic oxidation sites excluding steroid dienone is 1. The Balaban J connectivity index is 1.22. The Hall–Kier alpha value is -5.14. The maximum absolute atomic E-state index is 14.4. The maximum Gasteiger partial charge on any atom is 0.438 e. The molecule has 4 N–H and O–H groups in total. The molecule has 3 fully saturated rings. The third-order valence-electron chi connectivity index (χ3n) is 10.2. The van der Waals surface area contributed by atoms with Crippen LogP contribution >= 0.6 is 0 Å². The number of halogens is 4. The van der Waals surface area contributed by atoms with Gasteiger partial charge >= 0.3 is 6.18 Å². The largest absolute Gasteiger partial charge is 0.471 e. The number of benzene rings is 1. The predicted molar refractivity (Wildman–Crippen MR) is 185 cm³/mol. The Morgan fingerprint density at radius 1 is 1.05 bits per heavy atom. The van der Waals surface area contributed by atoms with Crippen molar-refractivity contribution in [2.45, 2.75) is 99.9 Å². The highest BCUT2D eigenvalue weighted by atomic mass is 32.2. The number of aromatic nitrogens is 4. The molecule has 3 aromatic rings. The van der Waals surface area contributed by atoms with Crippen molar-refractivity contribution >= 4 is 44.7 Å². The molecule has 0 radical (unpaired) electrons. The minimum Gasteiger partial charge on any atom is -0.471 e. The highest BCUT2D eigenvalue weighted by Gasteiger charge is 2.62. The quantitative estimate of drug-likeness (QED) is 0.204. The Morgan fingerprint density at radius 3 is 2.55 bits per heavy atom. The average molecular weight is 791 g/mol. The fraction of sp³-hybridized carbons (Fsp3) is 0.514. The van der Waals surface area contributed by atoms with Gasteiger partial charge in [-0.05, 0) is 63.6 Å². The number of nitrogens with zero attached hydrogens (tertiary/aromatic N) is 4. The topological polar surface area (TPSA) is 205 Å². The van der Waals surface area contributed by atoms with Gasteiger partial charge in [-0.15, -0.1) is 0 Å². The van der Waals surface area contributed by atoms with Crippen molar-refractivity contribution in [1.29, 1.82) is 0 Å². The van der Waals surface area contributed by atoms with Gasteiger partial charge in [-0.25, -0.2) is 22.8 Å². The van der Waals surface area contributed by atoms with Gasteiger partial charge in [0, 0.05) is 24.1 Å². The van der Waals surface area contributed by atoms with E-state index in [4.69, 9.17) is 4.74 Å². The Bertz CT molecular complexity index is 2180. The van der Waals surface area contributed by atoms with Crippen LogP contribution in [0.25, 0.3) is 11.0 Å². The van der Waals surface area contributed by atoms with Crippen LogP contribution in [-0.4, -0.2) is 92.6 Å². The number of hydrogen-bond donors (Lipinski definition) is 4. The number of amides is 4. The van der Waals surface area contributed by atoms with Crippen LogP contribution in [-0.2, 0) is 30.6 Å². The SMILES string of the molecule is Cc1cc(C(=O)NC2CCCCC/C=C\C3CC3(C(=O)NS(=O)(=O)C3CC3)NC(=O)C3CC(Oc4nc5cc(F)ccc5nc4C(F)(F)F)CN3C2=O)n[nH]1. The lowest BCUT2D eigenvalue weighted by Gasteiger charge is -2.29. The molecule has 2 aliphatic carbocycles. The first-order chi connectivity index (χ1) is 26.0. The van der Waals surface area contributed by atoms with Gasteiger partial charge in [-0.2, -0.15) is 18.3 Å². The number of H-pyrrole nitrogens is 1. The number of ether oxygens (including phenoxy) is 1. The number of carbonyl (C=O) groups is 4. The highest BCUT2D eigenvalue weighted by Crippen LogP contribution is 2.46. The molecule has 55 heavy (non-hydrogen) atoms. The van der Waals surface area contributed by atoms with E-state index < -0.39 is 105 Å². The third kappa shape index (κ3) is 8.13. The minimum absolute atomic E-state index is 0.00290. The van der Waals surface area contributed by atoms with Crippen molar-refractivity contribution in [1.82, 2.24) is 40.4 Å². The molecule has 5 atom stereocenters. The summed E-state index contributed by atoms with van der Waals surface area (Å²) in [7, 11) is -4.01. The highest BCUT2D eigenvalue weighted by molar-refractivity contribution is 7.91. The molecule has 20 heteroatoms. The van der Waals surface area contributed by atoms with E-state index in [1.165, 1.54) is 6.07 Å². The van der Waals surface area contributed by atoms with Crippen LogP contribution in [0, 0.1) is 18.7 Å². The lowest BCUT2D eigenvalue weighted by Crippen LogP contribution is -2.58. The van der Waals surface area contributed by atoms with Crippen molar-refractivity contribution < 1.29 is 49.9 Å². The summed E-state index contributed by atoms with van der Waals surface area (Å²) in [5.74, 6) is -5.62. The number of nitrogens with one attached hydrogen (secondary N) is 4. The first-order valence-electron chi connectivity index (χ1n) is 17.9. The molecule has 1 saturated heterocycles. The zero-order valence-electron chi connectivity index (χ0n) is 29.5. The van der Waals surface area contributed by atoms with E-state index in [1.54, 1.807) is 13.0 Å². The molecule has 4 heterocycles. The summed E-state index contributed by atoms with van der Waals surface area (Å²) in [5.41, 5.74) is -3.09. The van der Waals surface area contributed by atoms with E-state index in [-0.39, 0.29) is 29.6 Å². The summed E-state index contributed by atoms with van der Waals surface area (Å²) >= 11 is 0. The van der Waals surface area contributed by atoms with Crippen LogP contribution < -0.4 is 20.1 Å². The standard InChI is InChI=1S/C35H38F4N8O7S/c1-18-13-26(45-44-18)29(48)41-24-8-6-4-2-3-5-7-19-16-34(19,33(51)46-55(52,53)22-10-11-22)43-30(49)27-15-21(17-47(27)32(24)50)54-31-28(35(37,38)39)40-23-12-9-20(36)14-25(23)42-31/h5,7,9,12-14,19,21-22,24,27H,2-4,6,8,10-11,15-17H2,1H3,(H,41,48)(H,43,49)(H,44,45)(H,46,51)/b7-5-. The lowest BCUT2D eigenvalue weighted by atomic mass is 10.0. The fourth-order valence-electron chi connectivity index (χ4n) is 7.05. The Kier molecular flexibility index (Phi) is 10.1. The molecule has 7 rings (SSSR count). The zero-order valence-corrected chi connectivity index (χ0v) is 30.3. The summed E-state index contributed by atoms with van der Waals surface area (Å²) < 4.78 is 90.2. The number of sulfonamides is 1. The monoisotopic (exact) mass is 790 g/mol. The molecule has 0 bridgehead atoms. The summed E-state index contributed by atoms with van der Waals surface area (Å²) in [6.07, 6.45) is 0.169. The van der Waals surface area contributed by atoms with E-state index in [0.717, 1.165) is 23.1 Å². The summed E-state index contributed by atoms with van der Waals surface area (Å²) in [5, 5.41) is 11.2. The van der Waals surface area contributed by atoms with Crippen LogP contribution in [0.2, 0.25) is 0 Å². The van der Waals surface area contributed by atoms with E-state index >= 15 is 0 Å². The number of rotatable bonds is 7. The number of alkyl halides is 3. The predicted octanol–water partition coefficient (Wildman–Crippen LogP) is 2.97. The molecule has 4 amide bonds. The normalized spacial score (nSPS) is 26.9. The Labute approximate surface area is 312 Å². The number of carbonyl (C=O) groups excluding carboxylic acids is 4. The number of fused-ring (bicyclic) bond motifs is 3. The fourth-order valence-corrected chi connectivity index (χ4v) is 8.41.